The zero-order valence-corrected chi connectivity index (χ0v) is 59.2. The first-order chi connectivity index (χ1) is 45.8. The molecule has 0 aromatic rings. The van der Waals surface area contributed by atoms with E-state index in [1.54, 1.807) is 0 Å². The second kappa shape index (κ2) is 57.2. The van der Waals surface area contributed by atoms with Crippen molar-refractivity contribution in [1.82, 2.24) is 5.32 Å². The lowest BCUT2D eigenvalue weighted by Crippen LogP contribution is -2.66. The van der Waals surface area contributed by atoms with Crippen LogP contribution in [-0.2, 0) is 33.2 Å². The zero-order chi connectivity index (χ0) is 68.2. The number of aliphatic hydroxyl groups excluding tert-OH is 11. The third-order valence-electron chi connectivity index (χ3n) is 19.8. The molecule has 0 aromatic heterocycles. The Morgan fingerprint density at radius 1 is 0.372 bits per heavy atom. The van der Waals surface area contributed by atoms with E-state index in [0.29, 0.717) is 12.8 Å². The summed E-state index contributed by atoms with van der Waals surface area (Å²) in [5.74, 6) is -0.235. The second-order valence-electron chi connectivity index (χ2n) is 28.2. The molecule has 556 valence electrons. The van der Waals surface area contributed by atoms with Crippen molar-refractivity contribution in [3.05, 3.63) is 12.2 Å². The molecule has 17 atom stereocenters. The molecule has 0 aliphatic carbocycles. The van der Waals surface area contributed by atoms with Crippen molar-refractivity contribution < 1.29 is 89.4 Å². The van der Waals surface area contributed by atoms with Crippen molar-refractivity contribution in [2.45, 2.75) is 433 Å². The highest BCUT2D eigenvalue weighted by Gasteiger charge is 2.54. The van der Waals surface area contributed by atoms with E-state index in [0.717, 1.165) is 44.9 Å². The van der Waals surface area contributed by atoms with Crippen LogP contribution in [0.1, 0.15) is 328 Å². The Morgan fingerprint density at radius 2 is 0.670 bits per heavy atom. The minimum atomic E-state index is -1.97. The van der Waals surface area contributed by atoms with Gasteiger partial charge in [-0.15, -0.1) is 0 Å². The van der Waals surface area contributed by atoms with Gasteiger partial charge in [-0.05, 0) is 38.5 Å². The van der Waals surface area contributed by atoms with Crippen molar-refractivity contribution in [2.75, 3.05) is 26.4 Å². The topological polar surface area (TPSA) is 307 Å². The number of ether oxygens (including phenoxy) is 6. The van der Waals surface area contributed by atoms with Gasteiger partial charge in [0, 0.05) is 6.42 Å². The van der Waals surface area contributed by atoms with E-state index in [1.807, 2.05) is 0 Å². The fourth-order valence-electron chi connectivity index (χ4n) is 13.5. The fourth-order valence-corrected chi connectivity index (χ4v) is 13.5. The molecular formula is C75H143NO18. The highest BCUT2D eigenvalue weighted by molar-refractivity contribution is 5.76. The standard InChI is InChI=1S/C75H143NO18/c1-3-5-7-9-11-13-15-17-19-21-23-24-25-26-27-28-29-30-31-32-33-34-35-37-39-41-43-45-47-49-51-53-63(81)76-58(59(80)52-50-48-46-44-42-40-38-36-22-20-18-16-14-12-10-8-6-4-2)57-89-73-69(87)66(84)71(61(55-78)91-73)94-75-70(88)67(85)72(62(56-79)92-75)93-74-68(86)65(83)64(82)60(54-77)90-74/h21,23,58-62,64-75,77-80,82-88H,3-20,22,24-57H2,1-2H3,(H,76,81)/b23-21-. The zero-order valence-electron chi connectivity index (χ0n) is 59.2. The average molecular weight is 1350 g/mol. The van der Waals surface area contributed by atoms with E-state index in [4.69, 9.17) is 28.4 Å². The number of carbonyl (C=O) groups is 1. The molecule has 17 unspecified atom stereocenters. The van der Waals surface area contributed by atoms with Gasteiger partial charge in [0.2, 0.25) is 5.91 Å². The molecule has 3 fully saturated rings. The molecule has 3 rings (SSSR count). The maximum absolute atomic E-state index is 13.5. The predicted octanol–water partition coefficient (Wildman–Crippen LogP) is 12.0. The molecule has 0 bridgehead atoms. The van der Waals surface area contributed by atoms with Gasteiger partial charge >= 0.3 is 0 Å². The lowest BCUT2D eigenvalue weighted by Gasteiger charge is -2.48. The Balaban J connectivity index is 1.35. The van der Waals surface area contributed by atoms with Crippen molar-refractivity contribution in [1.29, 1.82) is 0 Å². The van der Waals surface area contributed by atoms with E-state index < -0.39 is 124 Å². The molecule has 3 heterocycles. The molecule has 0 saturated carbocycles. The fraction of sp³-hybridized carbons (Fsp3) is 0.960. The van der Waals surface area contributed by atoms with E-state index in [9.17, 15) is 61.0 Å². The number of nitrogens with one attached hydrogen (secondary N) is 1. The Labute approximate surface area is 569 Å². The first-order valence-corrected chi connectivity index (χ1v) is 38.9. The van der Waals surface area contributed by atoms with Gasteiger partial charge in [-0.25, -0.2) is 0 Å². The van der Waals surface area contributed by atoms with Crippen LogP contribution in [0.2, 0.25) is 0 Å². The van der Waals surface area contributed by atoms with Gasteiger partial charge in [-0.2, -0.15) is 0 Å². The summed E-state index contributed by atoms with van der Waals surface area (Å²) in [6.07, 6.45) is 38.7. The molecule has 19 heteroatoms. The lowest BCUT2D eigenvalue weighted by molar-refractivity contribution is -0.379. The van der Waals surface area contributed by atoms with Crippen molar-refractivity contribution >= 4 is 5.91 Å². The maximum atomic E-state index is 13.5. The van der Waals surface area contributed by atoms with Crippen molar-refractivity contribution in [2.24, 2.45) is 0 Å². The summed E-state index contributed by atoms with van der Waals surface area (Å²) < 4.78 is 34.5. The van der Waals surface area contributed by atoms with Crippen LogP contribution in [0.25, 0.3) is 0 Å². The monoisotopic (exact) mass is 1350 g/mol. The van der Waals surface area contributed by atoms with E-state index in [-0.39, 0.29) is 18.9 Å². The Bertz CT molecular complexity index is 1750. The summed E-state index contributed by atoms with van der Waals surface area (Å²) in [6, 6.07) is -0.884. The largest absolute Gasteiger partial charge is 0.394 e. The number of amides is 1. The molecule has 12 N–H and O–H groups in total. The third-order valence-corrected chi connectivity index (χ3v) is 19.8. The molecule has 19 nitrogen and oxygen atoms in total. The van der Waals surface area contributed by atoms with Gasteiger partial charge in [0.1, 0.15) is 73.2 Å². The summed E-state index contributed by atoms with van der Waals surface area (Å²) in [4.78, 5) is 13.5. The van der Waals surface area contributed by atoms with E-state index in [2.05, 4.69) is 31.3 Å². The van der Waals surface area contributed by atoms with Gasteiger partial charge in [0.15, 0.2) is 18.9 Å². The number of carbonyl (C=O) groups excluding carboxylic acids is 1. The Morgan fingerprint density at radius 3 is 1.03 bits per heavy atom. The highest BCUT2D eigenvalue weighted by Crippen LogP contribution is 2.33. The Kier molecular flexibility index (Phi) is 52.8. The van der Waals surface area contributed by atoms with Gasteiger partial charge in [0.05, 0.1) is 38.6 Å². The second-order valence-corrected chi connectivity index (χ2v) is 28.2. The number of rotatable bonds is 62. The maximum Gasteiger partial charge on any atom is 0.220 e. The number of allylic oxidation sites excluding steroid dienone is 2. The molecule has 3 aliphatic rings. The third kappa shape index (κ3) is 37.8. The molecule has 1 amide bonds. The first kappa shape index (κ1) is 86.8. The summed E-state index contributed by atoms with van der Waals surface area (Å²) in [5, 5.41) is 121. The van der Waals surface area contributed by atoms with Crippen LogP contribution in [0.3, 0.4) is 0 Å². The molecule has 0 spiro atoms. The van der Waals surface area contributed by atoms with Gasteiger partial charge in [-0.1, -0.05) is 296 Å². The minimum Gasteiger partial charge on any atom is -0.394 e. The number of aliphatic hydroxyl groups is 11. The number of hydrogen-bond donors (Lipinski definition) is 12. The van der Waals surface area contributed by atoms with Crippen LogP contribution in [0.15, 0.2) is 12.2 Å². The smallest absolute Gasteiger partial charge is 0.220 e. The van der Waals surface area contributed by atoms with Crippen LogP contribution in [0.5, 0.6) is 0 Å². The summed E-state index contributed by atoms with van der Waals surface area (Å²) in [7, 11) is 0. The van der Waals surface area contributed by atoms with Crippen molar-refractivity contribution in [3.8, 4) is 0 Å². The van der Waals surface area contributed by atoms with Crippen LogP contribution in [0, 0.1) is 0 Å². The molecule has 0 radical (unpaired) electrons. The van der Waals surface area contributed by atoms with Crippen LogP contribution in [-0.4, -0.2) is 193 Å². The highest BCUT2D eigenvalue weighted by atomic mass is 16.8. The van der Waals surface area contributed by atoms with Gasteiger partial charge in [-0.3, -0.25) is 4.79 Å². The number of hydrogen-bond acceptors (Lipinski definition) is 18. The van der Waals surface area contributed by atoms with Crippen LogP contribution < -0.4 is 5.32 Å². The van der Waals surface area contributed by atoms with E-state index >= 15 is 0 Å². The van der Waals surface area contributed by atoms with Crippen molar-refractivity contribution in [3.63, 3.8) is 0 Å². The normalized spacial score (nSPS) is 27.4. The van der Waals surface area contributed by atoms with Gasteiger partial charge in [0.25, 0.3) is 0 Å². The summed E-state index contributed by atoms with van der Waals surface area (Å²) in [6.45, 7) is 1.85. The minimum absolute atomic E-state index is 0.235. The molecule has 3 aliphatic heterocycles. The molecule has 94 heavy (non-hydrogen) atoms. The van der Waals surface area contributed by atoms with E-state index in [1.165, 1.54) is 250 Å². The number of unbranched alkanes of at least 4 members (excludes halogenated alkanes) is 44. The lowest BCUT2D eigenvalue weighted by atomic mass is 9.96. The molecular weight excluding hydrogens is 1200 g/mol. The van der Waals surface area contributed by atoms with Gasteiger partial charge < -0.3 is 89.9 Å². The predicted molar refractivity (Wildman–Crippen MR) is 370 cm³/mol. The molecule has 0 aromatic carbocycles. The first-order valence-electron chi connectivity index (χ1n) is 38.9. The average Bonchev–Trinajstić information content (AvgIpc) is 0.787. The summed E-state index contributed by atoms with van der Waals surface area (Å²) >= 11 is 0. The SMILES string of the molecule is CCCCCCCCCC/C=C\CCCCCCCCCCCCCCCCCCCCCC(=O)NC(COC1OC(CO)C(OC2OC(CO)C(OC3OC(CO)C(O)C(O)C3O)C(O)C2O)C(O)C1O)C(O)CCCCCCCCCCCCCCCCCCCC. The quantitative estimate of drug-likeness (QED) is 0.0199. The Hall–Kier alpha value is -1.47. The van der Waals surface area contributed by atoms with Crippen LogP contribution in [0.4, 0.5) is 0 Å². The van der Waals surface area contributed by atoms with Crippen LogP contribution >= 0.6 is 0 Å². The summed E-state index contributed by atoms with van der Waals surface area (Å²) in [5.41, 5.74) is 0. The molecule has 3 saturated heterocycles.